The fourth-order valence-electron chi connectivity index (χ4n) is 2.44. The summed E-state index contributed by atoms with van der Waals surface area (Å²) in [5.74, 6) is 1.05. The molecule has 0 amide bonds. The van der Waals surface area contributed by atoms with Gasteiger partial charge < -0.3 is 9.88 Å². The maximum Gasteiger partial charge on any atom is 0.203 e. The predicted octanol–water partition coefficient (Wildman–Crippen LogP) is 4.22. The van der Waals surface area contributed by atoms with Crippen molar-refractivity contribution in [3.63, 3.8) is 0 Å². The van der Waals surface area contributed by atoms with Crippen LogP contribution in [0.4, 0.5) is 5.95 Å². The lowest BCUT2D eigenvalue weighted by Gasteiger charge is -2.19. The van der Waals surface area contributed by atoms with Crippen LogP contribution in [-0.4, -0.2) is 15.6 Å². The van der Waals surface area contributed by atoms with E-state index in [1.165, 1.54) is 24.1 Å². The second-order valence-electron chi connectivity index (χ2n) is 5.35. The zero-order valence-corrected chi connectivity index (χ0v) is 12.4. The Morgan fingerprint density at radius 2 is 2.37 bits per heavy atom. The van der Waals surface area contributed by atoms with E-state index in [0.717, 1.165) is 18.1 Å². The van der Waals surface area contributed by atoms with Crippen LogP contribution in [0.15, 0.2) is 23.7 Å². The lowest BCUT2D eigenvalue weighted by molar-refractivity contribution is 0.544. The van der Waals surface area contributed by atoms with Crippen molar-refractivity contribution in [2.45, 2.75) is 51.6 Å². The first-order valence-electron chi connectivity index (χ1n) is 7.13. The molecule has 2 heterocycles. The molecule has 1 atom stereocenters. The summed E-state index contributed by atoms with van der Waals surface area (Å²) < 4.78 is 2.34. The van der Waals surface area contributed by atoms with Gasteiger partial charge in [-0.05, 0) is 37.6 Å². The molecule has 0 radical (unpaired) electrons. The quantitative estimate of drug-likeness (QED) is 0.855. The normalized spacial score (nSPS) is 16.5. The molecule has 1 fully saturated rings. The molecule has 1 unspecified atom stereocenters. The van der Waals surface area contributed by atoms with Gasteiger partial charge in [0.05, 0.1) is 11.7 Å². The third-order valence-corrected chi connectivity index (χ3v) is 4.51. The molecule has 1 aliphatic carbocycles. The number of nitrogens with zero attached hydrogens (tertiary/aromatic N) is 2. The van der Waals surface area contributed by atoms with Crippen LogP contribution in [0.5, 0.6) is 0 Å². The van der Waals surface area contributed by atoms with Crippen LogP contribution in [0.1, 0.15) is 49.2 Å². The molecular formula is C15H21N3S. The standard InChI is InChI=1S/C15H21N3S/c1-3-5-13(14-6-4-9-19-14)18-10-11(2)16-15(18)17-12-7-8-12/h4,6,9-10,12-13H,3,5,7-8H2,1-2H3,(H,16,17). The summed E-state index contributed by atoms with van der Waals surface area (Å²) in [6.07, 6.45) is 7.09. The van der Waals surface area contributed by atoms with Gasteiger partial charge in [0.1, 0.15) is 0 Å². The summed E-state index contributed by atoms with van der Waals surface area (Å²) in [7, 11) is 0. The zero-order chi connectivity index (χ0) is 13.2. The number of anilines is 1. The lowest BCUT2D eigenvalue weighted by Crippen LogP contribution is -2.14. The van der Waals surface area contributed by atoms with Gasteiger partial charge in [-0.3, -0.25) is 0 Å². The number of thiophene rings is 1. The molecular weight excluding hydrogens is 254 g/mol. The Bertz CT molecular complexity index is 526. The van der Waals surface area contributed by atoms with E-state index in [0.29, 0.717) is 12.1 Å². The van der Waals surface area contributed by atoms with Crippen molar-refractivity contribution in [3.05, 3.63) is 34.3 Å². The Labute approximate surface area is 118 Å². The Kier molecular flexibility index (Phi) is 3.60. The monoisotopic (exact) mass is 275 g/mol. The average Bonchev–Trinajstić information content (AvgIpc) is 2.90. The molecule has 102 valence electrons. The molecule has 1 N–H and O–H groups in total. The van der Waals surface area contributed by atoms with E-state index in [-0.39, 0.29) is 0 Å². The topological polar surface area (TPSA) is 29.9 Å². The van der Waals surface area contributed by atoms with Crippen molar-refractivity contribution in [2.24, 2.45) is 0 Å². The highest BCUT2D eigenvalue weighted by Crippen LogP contribution is 2.32. The van der Waals surface area contributed by atoms with Crippen LogP contribution >= 0.6 is 11.3 Å². The second kappa shape index (κ2) is 5.37. The Hall–Kier alpha value is -1.29. The van der Waals surface area contributed by atoms with E-state index in [1.54, 1.807) is 0 Å². The SMILES string of the molecule is CCCC(c1cccs1)n1cc(C)nc1NC1CC1. The van der Waals surface area contributed by atoms with Crippen LogP contribution in [0, 0.1) is 6.92 Å². The van der Waals surface area contributed by atoms with Crippen LogP contribution < -0.4 is 5.32 Å². The summed E-state index contributed by atoms with van der Waals surface area (Å²) in [5, 5.41) is 5.73. The maximum absolute atomic E-state index is 4.66. The lowest BCUT2D eigenvalue weighted by atomic mass is 10.1. The van der Waals surface area contributed by atoms with Crippen LogP contribution in [0.25, 0.3) is 0 Å². The highest BCUT2D eigenvalue weighted by Gasteiger charge is 2.25. The fourth-order valence-corrected chi connectivity index (χ4v) is 3.30. The number of rotatable bonds is 6. The Balaban J connectivity index is 1.92. The molecule has 3 rings (SSSR count). The van der Waals surface area contributed by atoms with Crippen LogP contribution in [-0.2, 0) is 0 Å². The minimum Gasteiger partial charge on any atom is -0.353 e. The van der Waals surface area contributed by atoms with E-state index < -0.39 is 0 Å². The molecule has 1 saturated carbocycles. The maximum atomic E-state index is 4.66. The van der Waals surface area contributed by atoms with Gasteiger partial charge in [0.15, 0.2) is 0 Å². The molecule has 0 aromatic carbocycles. The van der Waals surface area contributed by atoms with Gasteiger partial charge in [-0.25, -0.2) is 4.98 Å². The minimum absolute atomic E-state index is 0.424. The van der Waals surface area contributed by atoms with Crippen LogP contribution in [0.3, 0.4) is 0 Å². The predicted molar refractivity (Wildman–Crippen MR) is 81.0 cm³/mol. The summed E-state index contributed by atoms with van der Waals surface area (Å²) in [6.45, 7) is 4.32. The largest absolute Gasteiger partial charge is 0.353 e. The molecule has 0 spiro atoms. The molecule has 2 aromatic heterocycles. The van der Waals surface area contributed by atoms with E-state index in [4.69, 9.17) is 0 Å². The fraction of sp³-hybridized carbons (Fsp3) is 0.533. The highest BCUT2D eigenvalue weighted by atomic mass is 32.1. The van der Waals surface area contributed by atoms with Gasteiger partial charge in [0.25, 0.3) is 0 Å². The van der Waals surface area contributed by atoms with Crippen LogP contribution in [0.2, 0.25) is 0 Å². The van der Waals surface area contributed by atoms with Gasteiger partial charge in [-0.1, -0.05) is 19.4 Å². The first-order valence-corrected chi connectivity index (χ1v) is 8.01. The van der Waals surface area contributed by atoms with Gasteiger partial charge in [0, 0.05) is 17.1 Å². The van der Waals surface area contributed by atoms with Crippen molar-refractivity contribution in [2.75, 3.05) is 5.32 Å². The van der Waals surface area contributed by atoms with E-state index >= 15 is 0 Å². The third kappa shape index (κ3) is 2.84. The molecule has 0 bridgehead atoms. The molecule has 0 saturated heterocycles. The van der Waals surface area contributed by atoms with Gasteiger partial charge >= 0.3 is 0 Å². The molecule has 1 aliphatic rings. The number of imidazole rings is 1. The number of aromatic nitrogens is 2. The molecule has 0 aliphatic heterocycles. The Morgan fingerprint density at radius 3 is 3.00 bits per heavy atom. The van der Waals surface area contributed by atoms with Crippen molar-refractivity contribution >= 4 is 17.3 Å². The zero-order valence-electron chi connectivity index (χ0n) is 11.6. The molecule has 4 heteroatoms. The first kappa shape index (κ1) is 12.7. The summed E-state index contributed by atoms with van der Waals surface area (Å²) in [5.41, 5.74) is 1.10. The summed E-state index contributed by atoms with van der Waals surface area (Å²) in [4.78, 5) is 6.09. The summed E-state index contributed by atoms with van der Waals surface area (Å²) >= 11 is 1.84. The number of hydrogen-bond acceptors (Lipinski definition) is 3. The van der Waals surface area contributed by atoms with E-state index in [2.05, 4.69) is 52.4 Å². The van der Waals surface area contributed by atoms with Gasteiger partial charge in [-0.2, -0.15) is 0 Å². The summed E-state index contributed by atoms with van der Waals surface area (Å²) in [6, 6.07) is 5.44. The first-order chi connectivity index (χ1) is 9.28. The number of hydrogen-bond donors (Lipinski definition) is 1. The Morgan fingerprint density at radius 1 is 1.53 bits per heavy atom. The number of aryl methyl sites for hydroxylation is 1. The van der Waals surface area contributed by atoms with E-state index in [1.807, 2.05) is 11.3 Å². The number of nitrogens with one attached hydrogen (secondary N) is 1. The second-order valence-corrected chi connectivity index (χ2v) is 6.33. The molecule has 19 heavy (non-hydrogen) atoms. The van der Waals surface area contributed by atoms with E-state index in [9.17, 15) is 0 Å². The van der Waals surface area contributed by atoms with Crippen molar-refractivity contribution in [1.29, 1.82) is 0 Å². The average molecular weight is 275 g/mol. The van der Waals surface area contributed by atoms with Gasteiger partial charge in [0.2, 0.25) is 5.95 Å². The minimum atomic E-state index is 0.424. The van der Waals surface area contributed by atoms with Crippen molar-refractivity contribution < 1.29 is 0 Å². The van der Waals surface area contributed by atoms with Crippen molar-refractivity contribution in [1.82, 2.24) is 9.55 Å². The smallest absolute Gasteiger partial charge is 0.203 e. The van der Waals surface area contributed by atoms with Crippen molar-refractivity contribution in [3.8, 4) is 0 Å². The van der Waals surface area contributed by atoms with Gasteiger partial charge in [-0.15, -0.1) is 11.3 Å². The molecule has 3 nitrogen and oxygen atoms in total. The third-order valence-electron chi connectivity index (χ3n) is 3.53. The molecule has 2 aromatic rings. The highest BCUT2D eigenvalue weighted by molar-refractivity contribution is 7.10.